The van der Waals surface area contributed by atoms with Gasteiger partial charge >= 0.3 is 0 Å². The summed E-state index contributed by atoms with van der Waals surface area (Å²) in [6, 6.07) is 13.6. The lowest BCUT2D eigenvalue weighted by Gasteiger charge is -2.38. The first kappa shape index (κ1) is 23.9. The van der Waals surface area contributed by atoms with Crippen molar-refractivity contribution in [2.45, 2.75) is 32.3 Å². The van der Waals surface area contributed by atoms with Crippen molar-refractivity contribution in [2.24, 2.45) is 0 Å². The molecule has 2 aromatic rings. The number of carbonyl (C=O) groups is 2. The van der Waals surface area contributed by atoms with Crippen molar-refractivity contribution < 1.29 is 19.1 Å². The molecule has 0 bridgehead atoms. The minimum atomic E-state index is -0.148. The van der Waals surface area contributed by atoms with E-state index < -0.39 is 0 Å². The molecule has 2 aromatic carbocycles. The Hall–Kier alpha value is -3.26. The molecule has 2 fully saturated rings. The van der Waals surface area contributed by atoms with Crippen LogP contribution in [0.25, 0.3) is 0 Å². The molecule has 4 rings (SSSR count). The minimum absolute atomic E-state index is 0.0692. The topological polar surface area (TPSA) is 83.1 Å². The molecule has 182 valence electrons. The van der Waals surface area contributed by atoms with E-state index in [4.69, 9.17) is 9.47 Å². The minimum Gasteiger partial charge on any atom is -0.495 e. The molecular weight excluding hydrogens is 432 g/mol. The molecular formula is C26H34N4O4. The molecule has 1 unspecified atom stereocenters. The van der Waals surface area contributed by atoms with Gasteiger partial charge in [0.1, 0.15) is 5.75 Å². The van der Waals surface area contributed by atoms with Crippen LogP contribution in [0.2, 0.25) is 0 Å². The molecule has 0 saturated carbocycles. The summed E-state index contributed by atoms with van der Waals surface area (Å²) in [5, 5.41) is 5.91. The molecule has 2 heterocycles. The number of carbonyl (C=O) groups excluding carboxylic acids is 2. The van der Waals surface area contributed by atoms with Gasteiger partial charge in [0, 0.05) is 57.1 Å². The zero-order valence-corrected chi connectivity index (χ0v) is 20.0. The number of piperazine rings is 1. The average Bonchev–Trinajstić information content (AvgIpc) is 3.41. The Kier molecular flexibility index (Phi) is 7.90. The van der Waals surface area contributed by atoms with Gasteiger partial charge in [-0.05, 0) is 43.2 Å². The Balaban J connectivity index is 1.50. The first-order valence-corrected chi connectivity index (χ1v) is 12.1. The van der Waals surface area contributed by atoms with Crippen LogP contribution in [0.3, 0.4) is 0 Å². The molecule has 0 aliphatic carbocycles. The predicted octanol–water partition coefficient (Wildman–Crippen LogP) is 3.28. The highest BCUT2D eigenvalue weighted by Crippen LogP contribution is 2.31. The monoisotopic (exact) mass is 466 g/mol. The second-order valence-corrected chi connectivity index (χ2v) is 8.62. The van der Waals surface area contributed by atoms with Crippen molar-refractivity contribution in [1.29, 1.82) is 0 Å². The van der Waals surface area contributed by atoms with Crippen LogP contribution in [-0.4, -0.2) is 64.4 Å². The number of nitrogens with one attached hydrogen (secondary N) is 2. The van der Waals surface area contributed by atoms with Gasteiger partial charge in [0.05, 0.1) is 24.5 Å². The van der Waals surface area contributed by atoms with Gasteiger partial charge in [0.15, 0.2) is 0 Å². The summed E-state index contributed by atoms with van der Waals surface area (Å²) in [5.41, 5.74) is 3.15. The lowest BCUT2D eigenvalue weighted by atomic mass is 10.1. The molecule has 2 saturated heterocycles. The van der Waals surface area contributed by atoms with Gasteiger partial charge in [0.25, 0.3) is 5.91 Å². The maximum atomic E-state index is 13.2. The van der Waals surface area contributed by atoms with Crippen molar-refractivity contribution in [3.05, 3.63) is 48.0 Å². The summed E-state index contributed by atoms with van der Waals surface area (Å²) in [7, 11) is 1.69. The number of hydrogen-bond acceptors (Lipinski definition) is 6. The molecule has 2 aliphatic rings. The summed E-state index contributed by atoms with van der Waals surface area (Å²) in [6.07, 6.45) is 2.44. The number of benzene rings is 2. The van der Waals surface area contributed by atoms with Gasteiger partial charge in [-0.25, -0.2) is 0 Å². The van der Waals surface area contributed by atoms with Crippen LogP contribution in [-0.2, 0) is 9.53 Å². The molecule has 0 spiro atoms. The highest BCUT2D eigenvalue weighted by molar-refractivity contribution is 6.02. The fourth-order valence-electron chi connectivity index (χ4n) is 4.51. The van der Waals surface area contributed by atoms with E-state index in [0.29, 0.717) is 24.2 Å². The number of ether oxygens (including phenoxy) is 2. The Morgan fingerprint density at radius 2 is 1.79 bits per heavy atom. The summed E-state index contributed by atoms with van der Waals surface area (Å²) in [6.45, 7) is 6.21. The third kappa shape index (κ3) is 5.62. The molecule has 0 aromatic heterocycles. The standard InChI is InChI=1S/C26H34N4O4/c1-3-25(31)28-19-10-11-22(21(17-19)26(32)27-18-20-7-6-16-34-20)29-12-14-30(15-13-29)23-8-4-5-9-24(23)33-2/h4-5,8-11,17,20H,3,6-7,12-16,18H2,1-2H3,(H,27,32)(H,28,31). The SMILES string of the molecule is CCC(=O)Nc1ccc(N2CCN(c3ccccc3OC)CC2)c(C(=O)NCC2CCCO2)c1. The number of methoxy groups -OCH3 is 1. The number of anilines is 3. The van der Waals surface area contributed by atoms with Crippen LogP contribution in [0.15, 0.2) is 42.5 Å². The lowest BCUT2D eigenvalue weighted by molar-refractivity contribution is -0.115. The molecule has 2 N–H and O–H groups in total. The fraction of sp³-hybridized carbons (Fsp3) is 0.462. The average molecular weight is 467 g/mol. The van der Waals surface area contributed by atoms with Crippen LogP contribution < -0.4 is 25.2 Å². The Labute approximate surface area is 201 Å². The first-order valence-electron chi connectivity index (χ1n) is 12.1. The molecule has 2 aliphatic heterocycles. The van der Waals surface area contributed by atoms with Crippen LogP contribution in [0.5, 0.6) is 5.75 Å². The van der Waals surface area contributed by atoms with Gasteiger partial charge in [-0.3, -0.25) is 9.59 Å². The van der Waals surface area contributed by atoms with Crippen LogP contribution in [0.4, 0.5) is 17.1 Å². The Bertz CT molecular complexity index is 998. The van der Waals surface area contributed by atoms with Crippen molar-refractivity contribution >= 4 is 28.9 Å². The number of nitrogens with zero attached hydrogens (tertiary/aromatic N) is 2. The van der Waals surface area contributed by atoms with E-state index in [1.807, 2.05) is 30.3 Å². The number of para-hydroxylation sites is 2. The summed E-state index contributed by atoms with van der Waals surface area (Å²) in [5.74, 6) is 0.635. The predicted molar refractivity (Wildman–Crippen MR) is 134 cm³/mol. The van der Waals surface area contributed by atoms with E-state index >= 15 is 0 Å². The second-order valence-electron chi connectivity index (χ2n) is 8.62. The van der Waals surface area contributed by atoms with E-state index in [-0.39, 0.29) is 17.9 Å². The number of hydrogen-bond donors (Lipinski definition) is 2. The second kappa shape index (κ2) is 11.2. The highest BCUT2D eigenvalue weighted by Gasteiger charge is 2.24. The summed E-state index contributed by atoms with van der Waals surface area (Å²) < 4.78 is 11.2. The van der Waals surface area contributed by atoms with Gasteiger partial charge < -0.3 is 29.9 Å². The van der Waals surface area contributed by atoms with Crippen LogP contribution in [0.1, 0.15) is 36.5 Å². The maximum absolute atomic E-state index is 13.2. The van der Waals surface area contributed by atoms with Crippen molar-refractivity contribution in [3.63, 3.8) is 0 Å². The molecule has 34 heavy (non-hydrogen) atoms. The smallest absolute Gasteiger partial charge is 0.253 e. The Morgan fingerprint density at radius 1 is 1.06 bits per heavy atom. The highest BCUT2D eigenvalue weighted by atomic mass is 16.5. The van der Waals surface area contributed by atoms with Crippen molar-refractivity contribution in [2.75, 3.05) is 61.6 Å². The molecule has 8 heteroatoms. The van der Waals surface area contributed by atoms with Crippen LogP contribution >= 0.6 is 0 Å². The van der Waals surface area contributed by atoms with Gasteiger partial charge in [-0.2, -0.15) is 0 Å². The van der Waals surface area contributed by atoms with Crippen molar-refractivity contribution in [3.8, 4) is 5.75 Å². The molecule has 0 radical (unpaired) electrons. The van der Waals surface area contributed by atoms with Gasteiger partial charge in [0.2, 0.25) is 5.91 Å². The van der Waals surface area contributed by atoms with Crippen molar-refractivity contribution in [1.82, 2.24) is 5.32 Å². The Morgan fingerprint density at radius 3 is 2.47 bits per heavy atom. The lowest BCUT2D eigenvalue weighted by Crippen LogP contribution is -2.47. The number of amides is 2. The van der Waals surface area contributed by atoms with E-state index in [0.717, 1.165) is 62.8 Å². The number of rotatable bonds is 8. The van der Waals surface area contributed by atoms with E-state index in [2.05, 4.69) is 26.5 Å². The molecule has 8 nitrogen and oxygen atoms in total. The van der Waals surface area contributed by atoms with E-state index in [1.165, 1.54) is 0 Å². The molecule has 1 atom stereocenters. The van der Waals surface area contributed by atoms with E-state index in [1.54, 1.807) is 20.1 Å². The third-order valence-corrected chi connectivity index (χ3v) is 6.41. The first-order chi connectivity index (χ1) is 16.6. The van der Waals surface area contributed by atoms with Gasteiger partial charge in [-0.1, -0.05) is 19.1 Å². The zero-order valence-electron chi connectivity index (χ0n) is 20.0. The third-order valence-electron chi connectivity index (χ3n) is 6.41. The molecule has 2 amide bonds. The fourth-order valence-corrected chi connectivity index (χ4v) is 4.51. The maximum Gasteiger partial charge on any atom is 0.253 e. The summed E-state index contributed by atoms with van der Waals surface area (Å²) >= 11 is 0. The zero-order chi connectivity index (χ0) is 23.9. The van der Waals surface area contributed by atoms with Crippen LogP contribution in [0, 0.1) is 0 Å². The van der Waals surface area contributed by atoms with Gasteiger partial charge in [-0.15, -0.1) is 0 Å². The van der Waals surface area contributed by atoms with E-state index in [9.17, 15) is 9.59 Å². The normalized spacial score (nSPS) is 18.0. The quantitative estimate of drug-likeness (QED) is 0.621. The largest absolute Gasteiger partial charge is 0.495 e. The summed E-state index contributed by atoms with van der Waals surface area (Å²) in [4.78, 5) is 29.7.